The highest BCUT2D eigenvalue weighted by Gasteiger charge is 2.64. The number of rotatable bonds is 3. The van der Waals surface area contributed by atoms with Crippen molar-refractivity contribution in [1.82, 2.24) is 4.31 Å². The van der Waals surface area contributed by atoms with Gasteiger partial charge in [0.25, 0.3) is 0 Å². The van der Waals surface area contributed by atoms with Gasteiger partial charge < -0.3 is 0 Å². The van der Waals surface area contributed by atoms with E-state index >= 15 is 0 Å². The first kappa shape index (κ1) is 20.0. The lowest BCUT2D eigenvalue weighted by atomic mass is 9.56. The van der Waals surface area contributed by atoms with Crippen LogP contribution in [0.15, 0.2) is 36.4 Å². The lowest BCUT2D eigenvalue weighted by Crippen LogP contribution is -2.39. The van der Waals surface area contributed by atoms with Gasteiger partial charge in [-0.1, -0.05) is 72.3 Å². The van der Waals surface area contributed by atoms with E-state index < -0.39 is 0 Å². The minimum absolute atomic E-state index is 0.535. The average Bonchev–Trinajstić information content (AvgIpc) is 3.46. The Kier molecular flexibility index (Phi) is 4.95. The third-order valence-electron chi connectivity index (χ3n) is 8.55. The summed E-state index contributed by atoms with van der Waals surface area (Å²) in [7, 11) is 0. The Morgan fingerprint density at radius 2 is 1.83 bits per heavy atom. The van der Waals surface area contributed by atoms with E-state index in [4.69, 9.17) is 23.2 Å². The molecule has 0 saturated heterocycles. The standard InChI is InChI=1S/C26H29Cl2NS/c27-22-7-6-18(14-23(22)28)17-30-29-13-8-19-15-25(9-1-2-10-25)26(11-12-26)21-5-3-4-20(16-29)24(19)21/h3-7,14,19H,1-2,8-13,15-17H2. The molecule has 0 bridgehead atoms. The Morgan fingerprint density at radius 3 is 2.60 bits per heavy atom. The Bertz CT molecular complexity index is 977. The van der Waals surface area contributed by atoms with E-state index in [1.807, 2.05) is 24.1 Å². The number of benzene rings is 2. The van der Waals surface area contributed by atoms with Crippen molar-refractivity contribution in [1.29, 1.82) is 0 Å². The van der Waals surface area contributed by atoms with E-state index in [1.165, 1.54) is 63.5 Å². The second-order valence-corrected chi connectivity index (χ2v) is 11.9. The third-order valence-corrected chi connectivity index (χ3v) is 10.4. The summed E-state index contributed by atoms with van der Waals surface area (Å²) < 4.78 is 2.59. The Balaban J connectivity index is 1.27. The van der Waals surface area contributed by atoms with Gasteiger partial charge in [0.1, 0.15) is 0 Å². The Morgan fingerprint density at radius 1 is 1.00 bits per heavy atom. The number of halogens is 2. The van der Waals surface area contributed by atoms with Gasteiger partial charge in [0.05, 0.1) is 10.0 Å². The molecule has 3 aliphatic carbocycles. The van der Waals surface area contributed by atoms with Crippen LogP contribution in [0.1, 0.15) is 79.5 Å². The van der Waals surface area contributed by atoms with Gasteiger partial charge in [-0.3, -0.25) is 0 Å². The predicted octanol–water partition coefficient (Wildman–Crippen LogP) is 8.13. The van der Waals surface area contributed by atoms with Crippen LogP contribution in [0, 0.1) is 5.41 Å². The van der Waals surface area contributed by atoms with Crippen molar-refractivity contribution in [3.8, 4) is 0 Å². The molecule has 6 rings (SSSR count). The Labute approximate surface area is 194 Å². The molecule has 0 amide bonds. The molecule has 1 unspecified atom stereocenters. The highest BCUT2D eigenvalue weighted by molar-refractivity contribution is 7.96. The van der Waals surface area contributed by atoms with E-state index in [2.05, 4.69) is 28.6 Å². The first-order chi connectivity index (χ1) is 14.6. The van der Waals surface area contributed by atoms with Crippen LogP contribution in [0.25, 0.3) is 0 Å². The molecule has 1 heterocycles. The van der Waals surface area contributed by atoms with Gasteiger partial charge in [0.15, 0.2) is 0 Å². The summed E-state index contributed by atoms with van der Waals surface area (Å²) in [6.45, 7) is 2.24. The molecule has 0 aromatic heterocycles. The van der Waals surface area contributed by atoms with E-state index in [0.717, 1.165) is 18.2 Å². The molecular formula is C26H29Cl2NS. The predicted molar refractivity (Wildman–Crippen MR) is 128 cm³/mol. The van der Waals surface area contributed by atoms with Crippen LogP contribution in [0.5, 0.6) is 0 Å². The van der Waals surface area contributed by atoms with Crippen molar-refractivity contribution < 1.29 is 0 Å². The van der Waals surface area contributed by atoms with Crippen LogP contribution in [-0.4, -0.2) is 10.8 Å². The molecule has 1 atom stereocenters. The number of hydrogen-bond donors (Lipinski definition) is 0. The summed E-state index contributed by atoms with van der Waals surface area (Å²) in [6, 6.07) is 13.3. The zero-order valence-electron chi connectivity index (χ0n) is 17.4. The minimum atomic E-state index is 0.535. The van der Waals surface area contributed by atoms with Gasteiger partial charge in [0, 0.05) is 24.3 Å². The second kappa shape index (κ2) is 7.44. The molecule has 1 nitrogen and oxygen atoms in total. The summed E-state index contributed by atoms with van der Waals surface area (Å²) in [5.74, 6) is 1.71. The molecule has 4 aliphatic rings. The average molecular weight is 458 g/mol. The fraction of sp³-hybridized carbons (Fsp3) is 0.538. The summed E-state index contributed by atoms with van der Waals surface area (Å²) in [6.07, 6.45) is 11.5. The first-order valence-electron chi connectivity index (χ1n) is 11.5. The van der Waals surface area contributed by atoms with Crippen molar-refractivity contribution in [2.45, 2.75) is 75.0 Å². The van der Waals surface area contributed by atoms with Crippen molar-refractivity contribution in [3.05, 3.63) is 68.7 Å². The SMILES string of the molecule is Clc1ccc(CSN2CCC3CC4(CCCC4)C4(CC4)c4cccc(c43)C2)cc1Cl. The zero-order chi connectivity index (χ0) is 20.3. The summed E-state index contributed by atoms with van der Waals surface area (Å²) in [5.41, 5.74) is 7.50. The molecule has 1 aliphatic heterocycles. The molecule has 0 radical (unpaired) electrons. The molecular weight excluding hydrogens is 429 g/mol. The lowest BCUT2D eigenvalue weighted by Gasteiger charge is -2.47. The molecule has 2 aromatic rings. The molecule has 2 saturated carbocycles. The largest absolute Gasteiger partial charge is 0.246 e. The maximum Gasteiger partial charge on any atom is 0.0595 e. The Hall–Kier alpha value is -0.670. The van der Waals surface area contributed by atoms with Crippen LogP contribution in [0.2, 0.25) is 10.0 Å². The van der Waals surface area contributed by atoms with E-state index in [9.17, 15) is 0 Å². The van der Waals surface area contributed by atoms with Crippen molar-refractivity contribution >= 4 is 35.1 Å². The molecule has 4 heteroatoms. The van der Waals surface area contributed by atoms with Crippen molar-refractivity contribution in [3.63, 3.8) is 0 Å². The summed E-state index contributed by atoms with van der Waals surface area (Å²) >= 11 is 14.3. The zero-order valence-corrected chi connectivity index (χ0v) is 19.8. The van der Waals surface area contributed by atoms with E-state index in [1.54, 1.807) is 16.7 Å². The highest BCUT2D eigenvalue weighted by atomic mass is 35.5. The van der Waals surface area contributed by atoms with Gasteiger partial charge in [-0.05, 0) is 84.2 Å². The van der Waals surface area contributed by atoms with Gasteiger partial charge in [-0.15, -0.1) is 0 Å². The molecule has 30 heavy (non-hydrogen) atoms. The first-order valence-corrected chi connectivity index (χ1v) is 13.2. The molecule has 2 fully saturated rings. The number of nitrogens with zero attached hydrogens (tertiary/aromatic N) is 1. The van der Waals surface area contributed by atoms with Gasteiger partial charge in [0.2, 0.25) is 0 Å². The fourth-order valence-electron chi connectivity index (χ4n) is 7.08. The van der Waals surface area contributed by atoms with E-state index in [0.29, 0.717) is 20.9 Å². The van der Waals surface area contributed by atoms with E-state index in [-0.39, 0.29) is 0 Å². The molecule has 0 N–H and O–H groups in total. The normalized spacial score (nSPS) is 26.0. The monoisotopic (exact) mass is 457 g/mol. The highest BCUT2D eigenvalue weighted by Crippen LogP contribution is 2.72. The van der Waals surface area contributed by atoms with Crippen molar-refractivity contribution in [2.24, 2.45) is 5.41 Å². The third kappa shape index (κ3) is 3.09. The number of hydrogen-bond acceptors (Lipinski definition) is 2. The molecule has 2 spiro atoms. The maximum atomic E-state index is 6.23. The number of fused-ring (bicyclic) bond motifs is 2. The quantitative estimate of drug-likeness (QED) is 0.427. The molecule has 158 valence electrons. The van der Waals surface area contributed by atoms with Crippen LogP contribution in [0.4, 0.5) is 0 Å². The maximum absolute atomic E-state index is 6.23. The molecule has 2 aromatic carbocycles. The van der Waals surface area contributed by atoms with Crippen LogP contribution in [0.3, 0.4) is 0 Å². The van der Waals surface area contributed by atoms with Gasteiger partial charge in [-0.2, -0.15) is 0 Å². The van der Waals surface area contributed by atoms with Crippen LogP contribution < -0.4 is 0 Å². The van der Waals surface area contributed by atoms with Gasteiger partial charge >= 0.3 is 0 Å². The van der Waals surface area contributed by atoms with Crippen LogP contribution in [-0.2, 0) is 17.7 Å². The topological polar surface area (TPSA) is 3.24 Å². The van der Waals surface area contributed by atoms with Gasteiger partial charge in [-0.25, -0.2) is 4.31 Å². The summed E-state index contributed by atoms with van der Waals surface area (Å²) in [5, 5.41) is 1.29. The smallest absolute Gasteiger partial charge is 0.0595 e. The summed E-state index contributed by atoms with van der Waals surface area (Å²) in [4.78, 5) is 0. The minimum Gasteiger partial charge on any atom is -0.246 e. The fourth-order valence-corrected chi connectivity index (χ4v) is 8.38. The van der Waals surface area contributed by atoms with Crippen LogP contribution >= 0.6 is 35.1 Å². The lowest BCUT2D eigenvalue weighted by molar-refractivity contribution is 0.152. The second-order valence-electron chi connectivity index (χ2n) is 10.0. The van der Waals surface area contributed by atoms with Crippen molar-refractivity contribution in [2.75, 3.05) is 6.54 Å².